The number of rotatable bonds is 5. The first-order valence-corrected chi connectivity index (χ1v) is 7.20. The van der Waals surface area contributed by atoms with Crippen LogP contribution in [0.4, 0.5) is 0 Å². The maximum atomic E-state index is 5.65. The van der Waals surface area contributed by atoms with Gasteiger partial charge in [-0.1, -0.05) is 0 Å². The van der Waals surface area contributed by atoms with Crippen LogP contribution in [0.5, 0.6) is 0 Å². The van der Waals surface area contributed by atoms with Crippen molar-refractivity contribution in [2.45, 2.75) is 26.3 Å². The molecule has 1 atom stereocenters. The van der Waals surface area contributed by atoms with Crippen LogP contribution in [0.15, 0.2) is 22.7 Å². The number of aromatic nitrogens is 2. The average molecular weight is 275 g/mol. The molecule has 2 N–H and O–H groups in total. The fraction of sp³-hybridized carbons (Fsp3) is 0.533. The highest BCUT2D eigenvalue weighted by molar-refractivity contribution is 5.56. The SMILES string of the molecule is Cc1ccc(-c2[nH]ncc2CNC[C@H]2CCCOC2)o1. The Kier molecular flexibility index (Phi) is 4.18. The molecule has 0 aromatic carbocycles. The summed E-state index contributed by atoms with van der Waals surface area (Å²) in [4.78, 5) is 0. The summed E-state index contributed by atoms with van der Waals surface area (Å²) in [5.41, 5.74) is 2.10. The van der Waals surface area contributed by atoms with E-state index in [1.54, 1.807) is 0 Å². The zero-order valence-electron chi connectivity index (χ0n) is 11.8. The number of furan rings is 1. The van der Waals surface area contributed by atoms with Gasteiger partial charge < -0.3 is 14.5 Å². The minimum absolute atomic E-state index is 0.630. The number of nitrogens with one attached hydrogen (secondary N) is 2. The van der Waals surface area contributed by atoms with Gasteiger partial charge in [-0.3, -0.25) is 5.10 Å². The zero-order valence-corrected chi connectivity index (χ0v) is 11.8. The Bertz CT molecular complexity index is 541. The molecule has 108 valence electrons. The third-order valence-corrected chi connectivity index (χ3v) is 3.71. The lowest BCUT2D eigenvalue weighted by Gasteiger charge is -2.22. The van der Waals surface area contributed by atoms with E-state index in [1.807, 2.05) is 25.3 Å². The summed E-state index contributed by atoms with van der Waals surface area (Å²) in [7, 11) is 0. The molecule has 2 aromatic rings. The van der Waals surface area contributed by atoms with E-state index in [0.717, 1.165) is 49.1 Å². The van der Waals surface area contributed by atoms with E-state index in [4.69, 9.17) is 9.15 Å². The predicted molar refractivity (Wildman–Crippen MR) is 76.3 cm³/mol. The van der Waals surface area contributed by atoms with Gasteiger partial charge in [0, 0.05) is 25.3 Å². The molecule has 2 aromatic heterocycles. The van der Waals surface area contributed by atoms with Crippen LogP contribution in [0, 0.1) is 12.8 Å². The number of hydrogen-bond donors (Lipinski definition) is 2. The molecule has 20 heavy (non-hydrogen) atoms. The second kappa shape index (κ2) is 6.24. The van der Waals surface area contributed by atoms with Crippen LogP contribution in [0.3, 0.4) is 0 Å². The summed E-state index contributed by atoms with van der Waals surface area (Å²) >= 11 is 0. The molecule has 5 heteroatoms. The molecule has 0 bridgehead atoms. The van der Waals surface area contributed by atoms with Gasteiger partial charge in [0.15, 0.2) is 5.76 Å². The van der Waals surface area contributed by atoms with Gasteiger partial charge in [-0.05, 0) is 37.8 Å². The molecular formula is C15H21N3O2. The molecule has 1 aliphatic heterocycles. The number of hydrogen-bond acceptors (Lipinski definition) is 4. The quantitative estimate of drug-likeness (QED) is 0.880. The molecule has 0 radical (unpaired) electrons. The topological polar surface area (TPSA) is 63.1 Å². The lowest BCUT2D eigenvalue weighted by Crippen LogP contribution is -2.28. The summed E-state index contributed by atoms with van der Waals surface area (Å²) in [5.74, 6) is 2.38. The lowest BCUT2D eigenvalue weighted by molar-refractivity contribution is 0.0547. The number of nitrogens with zero attached hydrogens (tertiary/aromatic N) is 1. The van der Waals surface area contributed by atoms with Gasteiger partial charge in [-0.15, -0.1) is 0 Å². The molecule has 0 amide bonds. The number of H-pyrrole nitrogens is 1. The highest BCUT2D eigenvalue weighted by Gasteiger charge is 2.15. The van der Waals surface area contributed by atoms with Gasteiger partial charge in [0.05, 0.1) is 12.8 Å². The van der Waals surface area contributed by atoms with Crippen molar-refractivity contribution in [3.63, 3.8) is 0 Å². The van der Waals surface area contributed by atoms with Crippen LogP contribution in [0.2, 0.25) is 0 Å². The van der Waals surface area contributed by atoms with E-state index in [2.05, 4.69) is 15.5 Å². The molecule has 3 heterocycles. The van der Waals surface area contributed by atoms with Crippen LogP contribution in [0.1, 0.15) is 24.2 Å². The fourth-order valence-electron chi connectivity index (χ4n) is 2.61. The maximum Gasteiger partial charge on any atom is 0.152 e. The van der Waals surface area contributed by atoms with Crippen molar-refractivity contribution in [1.82, 2.24) is 15.5 Å². The van der Waals surface area contributed by atoms with Crippen LogP contribution in [-0.2, 0) is 11.3 Å². The summed E-state index contributed by atoms with van der Waals surface area (Å²) in [6.07, 6.45) is 4.29. The molecule has 0 spiro atoms. The third kappa shape index (κ3) is 3.11. The number of aromatic amines is 1. The van der Waals surface area contributed by atoms with E-state index in [9.17, 15) is 0 Å². The predicted octanol–water partition coefficient (Wildman–Crippen LogP) is 2.49. The Morgan fingerprint density at radius 2 is 2.40 bits per heavy atom. The fourth-order valence-corrected chi connectivity index (χ4v) is 2.61. The Morgan fingerprint density at radius 1 is 1.45 bits per heavy atom. The van der Waals surface area contributed by atoms with Gasteiger partial charge in [0.1, 0.15) is 11.5 Å². The van der Waals surface area contributed by atoms with Crippen LogP contribution in [-0.4, -0.2) is 30.0 Å². The summed E-state index contributed by atoms with van der Waals surface area (Å²) in [6.45, 7) is 5.52. The Hall–Kier alpha value is -1.59. The molecule has 0 unspecified atom stereocenters. The van der Waals surface area contributed by atoms with E-state index in [1.165, 1.54) is 12.8 Å². The summed E-state index contributed by atoms with van der Waals surface area (Å²) < 4.78 is 11.1. The van der Waals surface area contributed by atoms with E-state index < -0.39 is 0 Å². The van der Waals surface area contributed by atoms with Gasteiger partial charge in [-0.25, -0.2) is 0 Å². The molecular weight excluding hydrogens is 254 g/mol. The first-order valence-electron chi connectivity index (χ1n) is 7.20. The van der Waals surface area contributed by atoms with Crippen LogP contribution < -0.4 is 5.32 Å². The zero-order chi connectivity index (χ0) is 13.8. The lowest BCUT2D eigenvalue weighted by atomic mass is 10.0. The molecule has 1 aliphatic rings. The van der Waals surface area contributed by atoms with Crippen LogP contribution >= 0.6 is 0 Å². The highest BCUT2D eigenvalue weighted by Crippen LogP contribution is 2.23. The van der Waals surface area contributed by atoms with Crippen molar-refractivity contribution in [1.29, 1.82) is 0 Å². The Labute approximate surface area is 118 Å². The van der Waals surface area contributed by atoms with Crippen molar-refractivity contribution in [2.24, 2.45) is 5.92 Å². The number of ether oxygens (including phenoxy) is 1. The summed E-state index contributed by atoms with van der Waals surface area (Å²) in [6, 6.07) is 3.94. The molecule has 0 saturated carbocycles. The van der Waals surface area contributed by atoms with Gasteiger partial charge in [0.25, 0.3) is 0 Å². The van der Waals surface area contributed by atoms with Crippen molar-refractivity contribution < 1.29 is 9.15 Å². The van der Waals surface area contributed by atoms with Crippen molar-refractivity contribution >= 4 is 0 Å². The van der Waals surface area contributed by atoms with Gasteiger partial charge in [0.2, 0.25) is 0 Å². The second-order valence-electron chi connectivity index (χ2n) is 5.39. The minimum Gasteiger partial charge on any atom is -0.460 e. The van der Waals surface area contributed by atoms with E-state index in [0.29, 0.717) is 5.92 Å². The number of aryl methyl sites for hydroxylation is 1. The largest absolute Gasteiger partial charge is 0.460 e. The smallest absolute Gasteiger partial charge is 0.152 e. The van der Waals surface area contributed by atoms with Crippen molar-refractivity contribution in [2.75, 3.05) is 19.8 Å². The monoisotopic (exact) mass is 275 g/mol. The van der Waals surface area contributed by atoms with Crippen molar-refractivity contribution in [3.05, 3.63) is 29.7 Å². The Morgan fingerprint density at radius 3 is 3.15 bits per heavy atom. The van der Waals surface area contributed by atoms with Crippen LogP contribution in [0.25, 0.3) is 11.5 Å². The molecule has 1 saturated heterocycles. The molecule has 1 fully saturated rings. The maximum absolute atomic E-state index is 5.65. The molecule has 3 rings (SSSR count). The third-order valence-electron chi connectivity index (χ3n) is 3.71. The first kappa shape index (κ1) is 13.4. The molecule has 0 aliphatic carbocycles. The van der Waals surface area contributed by atoms with E-state index >= 15 is 0 Å². The average Bonchev–Trinajstić information content (AvgIpc) is 3.09. The van der Waals surface area contributed by atoms with Gasteiger partial charge >= 0.3 is 0 Å². The minimum atomic E-state index is 0.630. The van der Waals surface area contributed by atoms with Gasteiger partial charge in [-0.2, -0.15) is 5.10 Å². The normalized spacial score (nSPS) is 19.4. The molecule has 5 nitrogen and oxygen atoms in total. The summed E-state index contributed by atoms with van der Waals surface area (Å²) in [5, 5.41) is 10.6. The van der Waals surface area contributed by atoms with E-state index in [-0.39, 0.29) is 0 Å². The second-order valence-corrected chi connectivity index (χ2v) is 5.39. The standard InChI is InChI=1S/C15H21N3O2/c1-11-4-5-14(20-11)15-13(9-17-18-15)8-16-7-12-3-2-6-19-10-12/h4-5,9,12,16H,2-3,6-8,10H2,1H3,(H,17,18)/t12-/m1/s1. The Balaban J connectivity index is 1.56. The highest BCUT2D eigenvalue weighted by atomic mass is 16.5. The van der Waals surface area contributed by atoms with Crippen molar-refractivity contribution in [3.8, 4) is 11.5 Å². The first-order chi connectivity index (χ1) is 9.83.